The van der Waals surface area contributed by atoms with Gasteiger partial charge < -0.3 is 26.2 Å². The number of aliphatic hydroxyl groups excluding tert-OH is 2. The van der Waals surface area contributed by atoms with E-state index in [-0.39, 0.29) is 35.4 Å². The van der Waals surface area contributed by atoms with Crippen LogP contribution in [-0.4, -0.2) is 50.7 Å². The monoisotopic (exact) mass is 473 g/mol. The summed E-state index contributed by atoms with van der Waals surface area (Å²) in [6.07, 6.45) is -4.17. The third-order valence-corrected chi connectivity index (χ3v) is 5.51. The van der Waals surface area contributed by atoms with Gasteiger partial charge in [0.05, 0.1) is 36.4 Å². The molecule has 1 aliphatic heterocycles. The number of nitrogens with two attached hydrogens (primary N) is 1. The number of alkyl halides is 3. The second-order valence-electron chi connectivity index (χ2n) is 7.93. The van der Waals surface area contributed by atoms with Crippen molar-refractivity contribution < 1.29 is 28.2 Å². The molecule has 1 amide bonds. The Bertz CT molecular complexity index is 1010. The van der Waals surface area contributed by atoms with E-state index >= 15 is 0 Å². The van der Waals surface area contributed by atoms with Crippen LogP contribution in [0.3, 0.4) is 0 Å². The summed E-state index contributed by atoms with van der Waals surface area (Å²) >= 11 is 6.01. The number of hydrogen-bond acceptors (Lipinski definition) is 7. The van der Waals surface area contributed by atoms with Gasteiger partial charge in [-0.15, -0.1) is 0 Å². The molecule has 0 radical (unpaired) electrons. The zero-order valence-electron chi connectivity index (χ0n) is 17.2. The fourth-order valence-corrected chi connectivity index (χ4v) is 3.63. The molecule has 1 aromatic heterocycles. The van der Waals surface area contributed by atoms with Crippen LogP contribution in [0.2, 0.25) is 5.28 Å². The van der Waals surface area contributed by atoms with Gasteiger partial charge in [0.2, 0.25) is 11.2 Å². The van der Waals surface area contributed by atoms with Crippen molar-refractivity contribution in [3.05, 3.63) is 45.9 Å². The predicted octanol–water partition coefficient (Wildman–Crippen LogP) is 2.22. The van der Waals surface area contributed by atoms with E-state index in [0.29, 0.717) is 24.2 Å². The third kappa shape index (κ3) is 5.05. The lowest BCUT2D eigenvalue weighted by Crippen LogP contribution is -2.48. The molecule has 0 fully saturated rings. The van der Waals surface area contributed by atoms with Crippen LogP contribution < -0.4 is 11.1 Å². The average Bonchev–Trinajstić information content (AvgIpc) is 2.75. The lowest BCUT2D eigenvalue weighted by Gasteiger charge is -2.35. The zero-order valence-corrected chi connectivity index (χ0v) is 18.0. The number of halogens is 4. The third-order valence-electron chi connectivity index (χ3n) is 5.34. The molecular formula is C20H23ClF3N5O3. The number of anilines is 2. The number of amides is 1. The van der Waals surface area contributed by atoms with Gasteiger partial charge in [-0.25, -0.2) is 9.97 Å². The van der Waals surface area contributed by atoms with E-state index in [1.807, 2.05) is 0 Å². The van der Waals surface area contributed by atoms with Gasteiger partial charge in [-0.3, -0.25) is 4.79 Å². The van der Waals surface area contributed by atoms with E-state index in [0.717, 1.165) is 12.1 Å². The molecule has 0 unspecified atom stereocenters. The highest BCUT2D eigenvalue weighted by Crippen LogP contribution is 2.32. The first-order chi connectivity index (χ1) is 15.0. The fourth-order valence-electron chi connectivity index (χ4n) is 3.44. The number of nitrogens with one attached hydrogen (secondary N) is 1. The summed E-state index contributed by atoms with van der Waals surface area (Å²) in [6, 6.07) is 3.26. The highest BCUT2D eigenvalue weighted by atomic mass is 35.5. The second kappa shape index (κ2) is 9.08. The molecule has 1 aromatic carbocycles. The van der Waals surface area contributed by atoms with Crippen molar-refractivity contribution in [2.75, 3.05) is 30.8 Å². The zero-order chi connectivity index (χ0) is 23.7. The Labute approximate surface area is 187 Å². The number of carbonyl (C=O) groups excluding carboxylic acids is 1. The highest BCUT2D eigenvalue weighted by Gasteiger charge is 2.38. The van der Waals surface area contributed by atoms with Crippen LogP contribution in [0.5, 0.6) is 0 Å². The van der Waals surface area contributed by atoms with Gasteiger partial charge in [0.1, 0.15) is 5.82 Å². The minimum atomic E-state index is -4.53. The van der Waals surface area contributed by atoms with Crippen LogP contribution in [0.25, 0.3) is 0 Å². The number of hydrogen-bond donors (Lipinski definition) is 4. The first-order valence-corrected chi connectivity index (χ1v) is 10.1. The standard InChI is InChI=1S/C20H23ClF3N5O3/c1-19(9-30,10-31)17(32)29-3-2-15-14(8-29)16(28-18(21)27-15)26-7-11-4-12(20(22,23)24)6-13(25)5-11/h4-6,30-31H,2-3,7-10,25H2,1H3,(H,26,27,28). The largest absolute Gasteiger partial charge is 0.416 e. The summed E-state index contributed by atoms with van der Waals surface area (Å²) < 4.78 is 39.2. The molecule has 0 atom stereocenters. The van der Waals surface area contributed by atoms with E-state index in [9.17, 15) is 28.2 Å². The van der Waals surface area contributed by atoms with E-state index < -0.39 is 36.3 Å². The number of aliphatic hydroxyl groups is 2. The molecule has 5 N–H and O–H groups in total. The number of rotatable bonds is 6. The lowest BCUT2D eigenvalue weighted by molar-refractivity contribution is -0.147. The maximum absolute atomic E-state index is 13.1. The maximum Gasteiger partial charge on any atom is 0.416 e. The first kappa shape index (κ1) is 24.0. The Morgan fingerprint density at radius 1 is 1.25 bits per heavy atom. The molecule has 3 rings (SSSR count). The number of fused-ring (bicyclic) bond motifs is 1. The summed E-state index contributed by atoms with van der Waals surface area (Å²) in [5, 5.41) is 22.0. The van der Waals surface area contributed by atoms with Crippen molar-refractivity contribution in [2.24, 2.45) is 5.41 Å². The Hall–Kier alpha value is -2.63. The SMILES string of the molecule is CC(CO)(CO)C(=O)N1CCc2nc(Cl)nc(NCc3cc(N)cc(C(F)(F)F)c3)c2C1. The Kier molecular flexibility index (Phi) is 6.82. The summed E-state index contributed by atoms with van der Waals surface area (Å²) in [5.41, 5.74) is 4.85. The molecule has 0 saturated carbocycles. The molecule has 174 valence electrons. The van der Waals surface area contributed by atoms with Crippen molar-refractivity contribution in [3.8, 4) is 0 Å². The van der Waals surface area contributed by atoms with E-state index in [1.54, 1.807) is 0 Å². The topological polar surface area (TPSA) is 125 Å². The predicted molar refractivity (Wildman–Crippen MR) is 112 cm³/mol. The first-order valence-electron chi connectivity index (χ1n) is 9.74. The number of nitrogens with zero attached hydrogens (tertiary/aromatic N) is 3. The smallest absolute Gasteiger partial charge is 0.399 e. The Balaban J connectivity index is 1.86. The quantitative estimate of drug-likeness (QED) is 0.374. The molecular weight excluding hydrogens is 451 g/mol. The van der Waals surface area contributed by atoms with Gasteiger partial charge in [0, 0.05) is 30.8 Å². The van der Waals surface area contributed by atoms with Crippen LogP contribution in [0.15, 0.2) is 18.2 Å². The lowest BCUT2D eigenvalue weighted by atomic mass is 9.90. The summed E-state index contributed by atoms with van der Waals surface area (Å²) in [4.78, 5) is 22.6. The Morgan fingerprint density at radius 3 is 2.56 bits per heavy atom. The molecule has 32 heavy (non-hydrogen) atoms. The minimum absolute atomic E-state index is 0.0210. The van der Waals surface area contributed by atoms with Gasteiger partial charge >= 0.3 is 6.18 Å². The van der Waals surface area contributed by atoms with Gasteiger partial charge in [-0.2, -0.15) is 13.2 Å². The number of benzene rings is 1. The number of nitrogen functional groups attached to an aromatic ring is 1. The second-order valence-corrected chi connectivity index (χ2v) is 8.27. The van der Waals surface area contributed by atoms with Gasteiger partial charge in [0.25, 0.3) is 0 Å². The van der Waals surface area contributed by atoms with Crippen LogP contribution in [0.1, 0.15) is 29.3 Å². The van der Waals surface area contributed by atoms with Crippen molar-refractivity contribution in [3.63, 3.8) is 0 Å². The van der Waals surface area contributed by atoms with E-state index in [2.05, 4.69) is 15.3 Å². The van der Waals surface area contributed by atoms with Gasteiger partial charge in [-0.05, 0) is 42.3 Å². The van der Waals surface area contributed by atoms with Crippen LogP contribution in [0.4, 0.5) is 24.7 Å². The number of aromatic nitrogens is 2. The van der Waals surface area contributed by atoms with Crippen molar-refractivity contribution in [1.82, 2.24) is 14.9 Å². The highest BCUT2D eigenvalue weighted by molar-refractivity contribution is 6.28. The average molecular weight is 474 g/mol. The molecule has 1 aliphatic rings. The molecule has 0 saturated heterocycles. The van der Waals surface area contributed by atoms with Gasteiger partial charge in [-0.1, -0.05) is 0 Å². The molecule has 0 bridgehead atoms. The molecule has 2 heterocycles. The van der Waals surface area contributed by atoms with Crippen molar-refractivity contribution >= 4 is 29.0 Å². The van der Waals surface area contributed by atoms with Crippen molar-refractivity contribution in [2.45, 2.75) is 32.6 Å². The minimum Gasteiger partial charge on any atom is -0.399 e. The van der Waals surface area contributed by atoms with Gasteiger partial charge in [0.15, 0.2) is 0 Å². The maximum atomic E-state index is 13.1. The van der Waals surface area contributed by atoms with Crippen LogP contribution >= 0.6 is 11.6 Å². The van der Waals surface area contributed by atoms with E-state index in [4.69, 9.17) is 17.3 Å². The molecule has 8 nitrogen and oxygen atoms in total. The van der Waals surface area contributed by atoms with Crippen molar-refractivity contribution in [1.29, 1.82) is 0 Å². The summed E-state index contributed by atoms with van der Waals surface area (Å²) in [6.45, 7) is 0.787. The van der Waals surface area contributed by atoms with E-state index in [1.165, 1.54) is 17.9 Å². The number of carbonyl (C=O) groups is 1. The fraction of sp³-hybridized carbons (Fsp3) is 0.450. The molecule has 12 heteroatoms. The Morgan fingerprint density at radius 2 is 1.94 bits per heavy atom. The van der Waals surface area contributed by atoms with Crippen LogP contribution in [-0.2, 0) is 30.5 Å². The normalized spacial score (nSPS) is 14.3. The molecule has 2 aromatic rings. The van der Waals surface area contributed by atoms with Crippen LogP contribution in [0, 0.1) is 5.41 Å². The molecule has 0 aliphatic carbocycles. The molecule has 0 spiro atoms. The summed E-state index contributed by atoms with van der Waals surface area (Å²) in [7, 11) is 0. The summed E-state index contributed by atoms with van der Waals surface area (Å²) in [5.74, 6) is -0.150.